The van der Waals surface area contributed by atoms with E-state index in [9.17, 15) is 4.79 Å². The number of nitrogens with zero attached hydrogens (tertiary/aromatic N) is 2. The number of carbonyl (C=O) groups excluding carboxylic acids is 1. The number of benzene rings is 2. The van der Waals surface area contributed by atoms with Crippen molar-refractivity contribution in [3.8, 4) is 5.75 Å². The second-order valence-corrected chi connectivity index (χ2v) is 6.32. The first-order chi connectivity index (χ1) is 12.5. The van der Waals surface area contributed by atoms with Gasteiger partial charge < -0.3 is 14.6 Å². The zero-order valence-corrected chi connectivity index (χ0v) is 15.3. The first-order valence-electron chi connectivity index (χ1n) is 8.60. The number of amides is 1. The molecule has 0 radical (unpaired) electrons. The molecule has 0 aliphatic carbocycles. The minimum absolute atomic E-state index is 0.0527. The lowest BCUT2D eigenvalue weighted by atomic mass is 10.0. The molecular weight excluding hydrogens is 326 g/mol. The Labute approximate surface area is 153 Å². The Morgan fingerprint density at radius 2 is 1.92 bits per heavy atom. The zero-order valence-electron chi connectivity index (χ0n) is 15.3. The normalized spacial score (nSPS) is 11.8. The lowest BCUT2D eigenvalue weighted by Crippen LogP contribution is -2.27. The highest BCUT2D eigenvalue weighted by Gasteiger charge is 2.13. The molecule has 0 aliphatic rings. The average molecular weight is 349 g/mol. The van der Waals surface area contributed by atoms with Crippen LogP contribution in [0.4, 0.5) is 0 Å². The summed E-state index contributed by atoms with van der Waals surface area (Å²) in [6, 6.07) is 15.2. The maximum absolute atomic E-state index is 12.5. The Bertz CT molecular complexity index is 884. The molecule has 0 spiro atoms. The van der Waals surface area contributed by atoms with E-state index in [4.69, 9.17) is 4.74 Å². The van der Waals surface area contributed by atoms with Gasteiger partial charge in [-0.2, -0.15) is 0 Å². The van der Waals surface area contributed by atoms with Crippen molar-refractivity contribution in [1.82, 2.24) is 14.9 Å². The monoisotopic (exact) mass is 349 g/mol. The van der Waals surface area contributed by atoms with Crippen LogP contribution in [0.3, 0.4) is 0 Å². The van der Waals surface area contributed by atoms with Gasteiger partial charge in [0.05, 0.1) is 6.04 Å². The van der Waals surface area contributed by atoms with E-state index in [1.165, 1.54) is 5.56 Å². The second kappa shape index (κ2) is 7.87. The Hall–Kier alpha value is -3.08. The number of rotatable bonds is 6. The van der Waals surface area contributed by atoms with Crippen LogP contribution in [0.1, 0.15) is 40.3 Å². The van der Waals surface area contributed by atoms with Crippen LogP contribution in [-0.4, -0.2) is 15.5 Å². The van der Waals surface area contributed by atoms with Gasteiger partial charge in [0.2, 0.25) is 0 Å². The van der Waals surface area contributed by atoms with Gasteiger partial charge in [-0.1, -0.05) is 24.3 Å². The minimum atomic E-state index is -0.101. The first kappa shape index (κ1) is 17.7. The molecule has 0 bridgehead atoms. The molecule has 5 heteroatoms. The van der Waals surface area contributed by atoms with Crippen molar-refractivity contribution >= 4 is 5.91 Å². The van der Waals surface area contributed by atoms with Crippen molar-refractivity contribution in [2.75, 3.05) is 0 Å². The molecule has 5 nitrogen and oxygen atoms in total. The summed E-state index contributed by atoms with van der Waals surface area (Å²) in [5, 5.41) is 3.04. The summed E-state index contributed by atoms with van der Waals surface area (Å²) in [5.74, 6) is 1.45. The van der Waals surface area contributed by atoms with E-state index in [0.29, 0.717) is 17.9 Å². The lowest BCUT2D eigenvalue weighted by molar-refractivity contribution is 0.0940. The van der Waals surface area contributed by atoms with E-state index in [-0.39, 0.29) is 11.9 Å². The average Bonchev–Trinajstić information content (AvgIpc) is 3.05. The van der Waals surface area contributed by atoms with Gasteiger partial charge >= 0.3 is 0 Å². The quantitative estimate of drug-likeness (QED) is 0.736. The minimum Gasteiger partial charge on any atom is -0.486 e. The topological polar surface area (TPSA) is 56.1 Å². The molecule has 0 aliphatic heterocycles. The van der Waals surface area contributed by atoms with Crippen LogP contribution in [0.15, 0.2) is 60.9 Å². The third-order valence-electron chi connectivity index (χ3n) is 4.41. The van der Waals surface area contributed by atoms with Crippen molar-refractivity contribution in [2.24, 2.45) is 7.05 Å². The largest absolute Gasteiger partial charge is 0.486 e. The summed E-state index contributed by atoms with van der Waals surface area (Å²) in [4.78, 5) is 16.7. The van der Waals surface area contributed by atoms with Gasteiger partial charge in [-0.15, -0.1) is 0 Å². The SMILES string of the molecule is Cc1ccccc1C(C)NC(=O)c1ccc(OCc2nccn2C)cc1. The molecule has 3 rings (SSSR count). The van der Waals surface area contributed by atoms with Gasteiger partial charge in [-0.3, -0.25) is 4.79 Å². The van der Waals surface area contributed by atoms with Gasteiger partial charge in [-0.05, 0) is 49.2 Å². The number of nitrogens with one attached hydrogen (secondary N) is 1. The van der Waals surface area contributed by atoms with E-state index in [1.54, 1.807) is 30.5 Å². The molecule has 1 unspecified atom stereocenters. The molecule has 134 valence electrons. The van der Waals surface area contributed by atoms with Crippen molar-refractivity contribution in [3.05, 3.63) is 83.4 Å². The van der Waals surface area contributed by atoms with Crippen LogP contribution >= 0.6 is 0 Å². The fraction of sp³-hybridized carbons (Fsp3) is 0.238. The Balaban J connectivity index is 1.60. The highest BCUT2D eigenvalue weighted by molar-refractivity contribution is 5.94. The third-order valence-corrected chi connectivity index (χ3v) is 4.41. The maximum atomic E-state index is 12.5. The highest BCUT2D eigenvalue weighted by Crippen LogP contribution is 2.18. The maximum Gasteiger partial charge on any atom is 0.251 e. The molecule has 26 heavy (non-hydrogen) atoms. The molecule has 1 atom stereocenters. The number of hydrogen-bond acceptors (Lipinski definition) is 3. The highest BCUT2D eigenvalue weighted by atomic mass is 16.5. The van der Waals surface area contributed by atoms with E-state index >= 15 is 0 Å². The fourth-order valence-corrected chi connectivity index (χ4v) is 2.82. The standard InChI is InChI=1S/C21H23N3O2/c1-15-6-4-5-7-19(15)16(2)23-21(25)17-8-10-18(11-9-17)26-14-20-22-12-13-24(20)3/h4-13,16H,14H2,1-3H3,(H,23,25). The molecule has 1 aromatic heterocycles. The molecule has 1 amide bonds. The number of imidazole rings is 1. The van der Waals surface area contributed by atoms with Gasteiger partial charge in [0.15, 0.2) is 0 Å². The van der Waals surface area contributed by atoms with Crippen LogP contribution in [0.5, 0.6) is 5.75 Å². The van der Waals surface area contributed by atoms with Crippen molar-refractivity contribution in [1.29, 1.82) is 0 Å². The summed E-state index contributed by atoms with van der Waals surface area (Å²) in [6.07, 6.45) is 3.61. The van der Waals surface area contributed by atoms with Crippen LogP contribution < -0.4 is 10.1 Å². The van der Waals surface area contributed by atoms with Crippen molar-refractivity contribution in [2.45, 2.75) is 26.5 Å². The van der Waals surface area contributed by atoms with E-state index < -0.39 is 0 Å². The molecule has 0 saturated carbocycles. The van der Waals surface area contributed by atoms with Crippen LogP contribution in [0.25, 0.3) is 0 Å². The smallest absolute Gasteiger partial charge is 0.251 e. The zero-order chi connectivity index (χ0) is 18.5. The lowest BCUT2D eigenvalue weighted by Gasteiger charge is -2.16. The summed E-state index contributed by atoms with van der Waals surface area (Å²) in [6.45, 7) is 4.43. The van der Waals surface area contributed by atoms with Crippen molar-refractivity contribution in [3.63, 3.8) is 0 Å². The van der Waals surface area contributed by atoms with Crippen LogP contribution in [0.2, 0.25) is 0 Å². The van der Waals surface area contributed by atoms with Crippen LogP contribution in [0, 0.1) is 6.92 Å². The van der Waals surface area contributed by atoms with E-state index in [2.05, 4.69) is 10.3 Å². The van der Waals surface area contributed by atoms with Gasteiger partial charge in [0.1, 0.15) is 18.2 Å². The Morgan fingerprint density at radius 3 is 2.58 bits per heavy atom. The number of aryl methyl sites for hydroxylation is 2. The summed E-state index contributed by atoms with van der Waals surface area (Å²) < 4.78 is 7.63. The Kier molecular flexibility index (Phi) is 5.37. The van der Waals surface area contributed by atoms with E-state index in [1.807, 2.05) is 55.9 Å². The summed E-state index contributed by atoms with van der Waals surface area (Å²) in [7, 11) is 1.93. The number of ether oxygens (including phenoxy) is 1. The van der Waals surface area contributed by atoms with E-state index in [0.717, 1.165) is 11.4 Å². The third kappa shape index (κ3) is 4.11. The van der Waals surface area contributed by atoms with Crippen molar-refractivity contribution < 1.29 is 9.53 Å². The summed E-state index contributed by atoms with van der Waals surface area (Å²) >= 11 is 0. The number of aromatic nitrogens is 2. The van der Waals surface area contributed by atoms with Gasteiger partial charge in [0, 0.05) is 25.0 Å². The molecule has 1 heterocycles. The fourth-order valence-electron chi connectivity index (χ4n) is 2.82. The number of hydrogen-bond donors (Lipinski definition) is 1. The molecule has 0 fully saturated rings. The van der Waals surface area contributed by atoms with Crippen LogP contribution in [-0.2, 0) is 13.7 Å². The Morgan fingerprint density at radius 1 is 1.19 bits per heavy atom. The molecule has 1 N–H and O–H groups in total. The molecule has 3 aromatic rings. The molecule has 0 saturated heterocycles. The number of carbonyl (C=O) groups is 1. The van der Waals surface area contributed by atoms with Gasteiger partial charge in [0.25, 0.3) is 5.91 Å². The predicted molar refractivity (Wildman–Crippen MR) is 101 cm³/mol. The molecule has 2 aromatic carbocycles. The van der Waals surface area contributed by atoms with Gasteiger partial charge in [-0.25, -0.2) is 4.98 Å². The summed E-state index contributed by atoms with van der Waals surface area (Å²) in [5.41, 5.74) is 2.89. The second-order valence-electron chi connectivity index (χ2n) is 6.32. The first-order valence-corrected chi connectivity index (χ1v) is 8.60. The predicted octanol–water partition coefficient (Wildman–Crippen LogP) is 3.80. The molecular formula is C21H23N3O2.